The zero-order chi connectivity index (χ0) is 18.4. The fourth-order valence-corrected chi connectivity index (χ4v) is 4.31. The van der Waals surface area contributed by atoms with Gasteiger partial charge < -0.3 is 5.73 Å². The van der Waals surface area contributed by atoms with Gasteiger partial charge in [-0.1, -0.05) is 41.9 Å². The van der Waals surface area contributed by atoms with Crippen molar-refractivity contribution in [2.75, 3.05) is 19.6 Å². The molecule has 0 aromatic heterocycles. The summed E-state index contributed by atoms with van der Waals surface area (Å²) in [5, 5.41) is 10.6. The Hall–Kier alpha value is -2.00. The number of hydrogen-bond donors (Lipinski definition) is 1. The normalized spacial score (nSPS) is 11.6. The molecular weight excluding hydrogens is 366 g/mol. The molecule has 0 fully saturated rings. The summed E-state index contributed by atoms with van der Waals surface area (Å²) in [4.78, 5) is 9.99. The van der Waals surface area contributed by atoms with Gasteiger partial charge in [-0.05, 0) is 18.1 Å². The molecule has 0 saturated carbocycles. The summed E-state index contributed by atoms with van der Waals surface area (Å²) < 4.78 is 27.0. The lowest BCUT2D eigenvalue weighted by atomic mass is 10.1. The van der Waals surface area contributed by atoms with E-state index in [0.717, 1.165) is 23.8 Å². The minimum Gasteiger partial charge on any atom is -0.329 e. The van der Waals surface area contributed by atoms with Crippen molar-refractivity contribution < 1.29 is 13.3 Å². The molecule has 0 radical (unpaired) electrons. The highest BCUT2D eigenvalue weighted by atomic mass is 35.5. The van der Waals surface area contributed by atoms with Gasteiger partial charge in [-0.2, -0.15) is 4.31 Å². The molecule has 0 saturated heterocycles. The zero-order valence-corrected chi connectivity index (χ0v) is 14.9. The molecule has 0 bridgehead atoms. The maximum atomic E-state index is 12.9. The Morgan fingerprint density at radius 3 is 2.36 bits per heavy atom. The first kappa shape index (κ1) is 19.3. The van der Waals surface area contributed by atoms with Crippen molar-refractivity contribution >= 4 is 27.3 Å². The first-order valence-corrected chi connectivity index (χ1v) is 9.36. The minimum absolute atomic E-state index is 0.127. The van der Waals surface area contributed by atoms with Crippen LogP contribution in [-0.4, -0.2) is 37.3 Å². The van der Waals surface area contributed by atoms with Gasteiger partial charge in [-0.15, -0.1) is 0 Å². The summed E-state index contributed by atoms with van der Waals surface area (Å²) in [5.74, 6) is 0. The molecule has 0 aliphatic heterocycles. The number of rotatable bonds is 8. The predicted octanol–water partition coefficient (Wildman–Crippen LogP) is 2.44. The molecule has 0 amide bonds. The summed E-state index contributed by atoms with van der Waals surface area (Å²) in [5.41, 5.74) is 6.28. The largest absolute Gasteiger partial charge is 0.329 e. The number of halogens is 1. The third-order valence-corrected chi connectivity index (χ3v) is 6.00. The smallest absolute Gasteiger partial charge is 0.271 e. The zero-order valence-electron chi connectivity index (χ0n) is 13.3. The average Bonchev–Trinajstić information content (AvgIpc) is 2.59. The lowest BCUT2D eigenvalue weighted by Gasteiger charge is -2.22. The van der Waals surface area contributed by atoms with E-state index in [9.17, 15) is 18.5 Å². The molecular formula is C16H18ClN3O4S. The molecule has 134 valence electrons. The van der Waals surface area contributed by atoms with Gasteiger partial charge in [0.2, 0.25) is 10.0 Å². The molecule has 0 aliphatic rings. The van der Waals surface area contributed by atoms with E-state index in [1.54, 1.807) is 0 Å². The van der Waals surface area contributed by atoms with Crippen molar-refractivity contribution in [3.8, 4) is 0 Å². The molecule has 0 unspecified atom stereocenters. The first-order chi connectivity index (χ1) is 11.9. The molecule has 2 aromatic rings. The van der Waals surface area contributed by atoms with E-state index < -0.39 is 14.9 Å². The molecule has 0 atom stereocenters. The number of non-ortho nitro benzene ring substituents is 1. The third-order valence-electron chi connectivity index (χ3n) is 3.62. The van der Waals surface area contributed by atoms with Crippen molar-refractivity contribution in [3.05, 3.63) is 69.2 Å². The summed E-state index contributed by atoms with van der Waals surface area (Å²) in [6, 6.07) is 12.8. The number of sulfonamides is 1. The van der Waals surface area contributed by atoms with Gasteiger partial charge in [0.25, 0.3) is 5.69 Å². The second kappa shape index (κ2) is 8.39. The predicted molar refractivity (Wildman–Crippen MR) is 96.1 cm³/mol. The van der Waals surface area contributed by atoms with Crippen molar-refractivity contribution in [1.29, 1.82) is 0 Å². The van der Waals surface area contributed by atoms with Crippen LogP contribution in [0.15, 0.2) is 53.4 Å². The quantitative estimate of drug-likeness (QED) is 0.556. The van der Waals surface area contributed by atoms with Crippen LogP contribution in [0.3, 0.4) is 0 Å². The molecule has 25 heavy (non-hydrogen) atoms. The number of nitro benzene ring substituents is 1. The number of nitrogens with zero attached hydrogens (tertiary/aromatic N) is 2. The van der Waals surface area contributed by atoms with Gasteiger partial charge in [0.1, 0.15) is 4.90 Å². The van der Waals surface area contributed by atoms with Crippen LogP contribution in [0.1, 0.15) is 5.56 Å². The van der Waals surface area contributed by atoms with Crippen LogP contribution in [0.5, 0.6) is 0 Å². The van der Waals surface area contributed by atoms with Crippen LogP contribution in [0.2, 0.25) is 5.02 Å². The van der Waals surface area contributed by atoms with E-state index in [1.807, 2.05) is 30.3 Å². The van der Waals surface area contributed by atoms with Crippen LogP contribution >= 0.6 is 11.6 Å². The molecule has 9 heteroatoms. The minimum atomic E-state index is -3.91. The molecule has 2 N–H and O–H groups in total. The van der Waals surface area contributed by atoms with Crippen molar-refractivity contribution in [3.63, 3.8) is 0 Å². The maximum absolute atomic E-state index is 12.9. The lowest BCUT2D eigenvalue weighted by Crippen LogP contribution is -2.37. The Morgan fingerprint density at radius 1 is 1.12 bits per heavy atom. The Bertz CT molecular complexity index is 844. The van der Waals surface area contributed by atoms with Gasteiger partial charge in [0.15, 0.2) is 0 Å². The van der Waals surface area contributed by atoms with Gasteiger partial charge in [-0.25, -0.2) is 8.42 Å². The van der Waals surface area contributed by atoms with Crippen molar-refractivity contribution in [2.45, 2.75) is 11.3 Å². The second-order valence-corrected chi connectivity index (χ2v) is 7.61. The standard InChI is InChI=1S/C16H18ClN3O4S/c17-15-12-14(20(21)22)6-7-16(15)25(23,24)19(11-9-18)10-8-13-4-2-1-3-5-13/h1-7,12H,8-11,18H2. The molecule has 0 spiro atoms. The van der Waals surface area contributed by atoms with Crippen LogP contribution in [0, 0.1) is 10.1 Å². The summed E-state index contributed by atoms with van der Waals surface area (Å²) >= 11 is 5.98. The average molecular weight is 384 g/mol. The van der Waals surface area contributed by atoms with Crippen molar-refractivity contribution in [1.82, 2.24) is 4.31 Å². The molecule has 0 aliphatic carbocycles. The second-order valence-electron chi connectivity index (χ2n) is 5.30. The summed E-state index contributed by atoms with van der Waals surface area (Å²) in [7, 11) is -3.91. The van der Waals surface area contributed by atoms with Gasteiger partial charge in [0.05, 0.1) is 9.95 Å². The van der Waals surface area contributed by atoms with E-state index in [1.165, 1.54) is 4.31 Å². The fourth-order valence-electron chi connectivity index (χ4n) is 2.35. The van der Waals surface area contributed by atoms with E-state index in [2.05, 4.69) is 0 Å². The first-order valence-electron chi connectivity index (χ1n) is 7.54. The highest BCUT2D eigenvalue weighted by Gasteiger charge is 2.27. The Balaban J connectivity index is 2.28. The van der Waals surface area contributed by atoms with Crippen LogP contribution in [0.4, 0.5) is 5.69 Å². The van der Waals surface area contributed by atoms with Crippen molar-refractivity contribution in [2.24, 2.45) is 5.73 Å². The molecule has 7 nitrogen and oxygen atoms in total. The topological polar surface area (TPSA) is 107 Å². The Morgan fingerprint density at radius 2 is 1.80 bits per heavy atom. The highest BCUT2D eigenvalue weighted by molar-refractivity contribution is 7.89. The Kier molecular flexibility index (Phi) is 6.49. The highest BCUT2D eigenvalue weighted by Crippen LogP contribution is 2.28. The van der Waals surface area contributed by atoms with E-state index >= 15 is 0 Å². The molecule has 2 rings (SSSR count). The fraction of sp³-hybridized carbons (Fsp3) is 0.250. The van der Waals surface area contributed by atoms with Gasteiger partial charge in [-0.3, -0.25) is 10.1 Å². The summed E-state index contributed by atoms with van der Waals surface area (Å²) in [6.07, 6.45) is 0.519. The van der Waals surface area contributed by atoms with Gasteiger partial charge >= 0.3 is 0 Å². The van der Waals surface area contributed by atoms with Crippen LogP contribution < -0.4 is 5.73 Å². The van der Waals surface area contributed by atoms with E-state index in [-0.39, 0.29) is 35.2 Å². The lowest BCUT2D eigenvalue weighted by molar-refractivity contribution is -0.384. The Labute approximate surface area is 151 Å². The number of benzene rings is 2. The van der Waals surface area contributed by atoms with Gasteiger partial charge in [0, 0.05) is 31.8 Å². The maximum Gasteiger partial charge on any atom is 0.271 e. The van der Waals surface area contributed by atoms with E-state index in [0.29, 0.717) is 6.42 Å². The van der Waals surface area contributed by atoms with E-state index in [4.69, 9.17) is 17.3 Å². The monoisotopic (exact) mass is 383 g/mol. The summed E-state index contributed by atoms with van der Waals surface area (Å²) in [6.45, 7) is 0.512. The number of hydrogen-bond acceptors (Lipinski definition) is 5. The number of nitrogens with two attached hydrogens (primary N) is 1. The SMILES string of the molecule is NCCN(CCc1ccccc1)S(=O)(=O)c1ccc([N+](=O)[O-])cc1Cl. The molecule has 0 heterocycles. The third kappa shape index (κ3) is 4.76. The van der Waals surface area contributed by atoms with Crippen LogP contribution in [0.25, 0.3) is 0 Å². The van der Waals surface area contributed by atoms with Crippen LogP contribution in [-0.2, 0) is 16.4 Å². The molecule has 2 aromatic carbocycles. The number of nitro groups is 1.